The summed E-state index contributed by atoms with van der Waals surface area (Å²) in [4.78, 5) is 17.0. The number of hydrogen-bond donors (Lipinski definition) is 2. The Labute approximate surface area is 105 Å². The second kappa shape index (κ2) is 5.36. The molecule has 1 rings (SSSR count). The maximum atomic E-state index is 12.8. The summed E-state index contributed by atoms with van der Waals surface area (Å²) in [6.07, 6.45) is 0. The highest BCUT2D eigenvalue weighted by Gasteiger charge is 2.30. The zero-order chi connectivity index (χ0) is 13.9. The molecule has 18 heavy (non-hydrogen) atoms. The van der Waals surface area contributed by atoms with Gasteiger partial charge in [-0.3, -0.25) is 10.1 Å². The van der Waals surface area contributed by atoms with Gasteiger partial charge in [-0.2, -0.15) is 4.98 Å². The molecule has 0 amide bonds. The molecular weight excluding hydrogens is 274 g/mol. The van der Waals surface area contributed by atoms with Crippen molar-refractivity contribution in [1.29, 1.82) is 0 Å². The van der Waals surface area contributed by atoms with E-state index < -0.39 is 35.5 Å². The van der Waals surface area contributed by atoms with Gasteiger partial charge in [-0.25, -0.2) is 13.8 Å². The summed E-state index contributed by atoms with van der Waals surface area (Å²) in [7, 11) is 0. The van der Waals surface area contributed by atoms with Crippen LogP contribution in [0.1, 0.15) is 5.69 Å². The largest absolute Gasteiger partial charge is 0.390 e. The fourth-order valence-electron chi connectivity index (χ4n) is 1.14. The van der Waals surface area contributed by atoms with Gasteiger partial charge in [0.2, 0.25) is 11.1 Å². The molecule has 10 heteroatoms. The van der Waals surface area contributed by atoms with E-state index in [1.807, 2.05) is 0 Å². The van der Waals surface area contributed by atoms with Gasteiger partial charge in [0.25, 0.3) is 5.92 Å². The maximum Gasteiger partial charge on any atom is 0.332 e. The van der Waals surface area contributed by atoms with E-state index in [0.717, 1.165) is 0 Å². The van der Waals surface area contributed by atoms with Gasteiger partial charge in [-0.05, 0) is 18.5 Å². The molecule has 0 aliphatic carbocycles. The van der Waals surface area contributed by atoms with Gasteiger partial charge >= 0.3 is 5.69 Å². The summed E-state index contributed by atoms with van der Waals surface area (Å²) in [5, 5.41) is 20.9. The van der Waals surface area contributed by atoms with Crippen LogP contribution >= 0.6 is 11.6 Å². The standard InChI is InChI=1S/C8H9ClF2N4O3/c1-4-5(15(17)18)6(14-7(9)13-4)12-2-8(10,11)3-16/h16H,2-3H2,1H3,(H,12,13,14). The number of aliphatic hydroxyl groups excluding tert-OH is 1. The number of alkyl halides is 2. The molecule has 1 aromatic heterocycles. The number of hydrogen-bond acceptors (Lipinski definition) is 6. The molecule has 2 N–H and O–H groups in total. The van der Waals surface area contributed by atoms with Crippen molar-refractivity contribution >= 4 is 23.1 Å². The summed E-state index contributed by atoms with van der Waals surface area (Å²) in [6.45, 7) is -1.08. The van der Waals surface area contributed by atoms with E-state index in [9.17, 15) is 18.9 Å². The van der Waals surface area contributed by atoms with Gasteiger partial charge in [-0.1, -0.05) is 0 Å². The molecule has 0 aliphatic rings. The maximum absolute atomic E-state index is 12.8. The number of nitro groups is 1. The summed E-state index contributed by atoms with van der Waals surface area (Å²) in [5.41, 5.74) is -0.581. The topological polar surface area (TPSA) is 101 Å². The molecule has 100 valence electrons. The van der Waals surface area contributed by atoms with E-state index in [1.165, 1.54) is 6.92 Å². The number of aryl methyl sites for hydroxylation is 1. The number of aliphatic hydroxyl groups is 1. The van der Waals surface area contributed by atoms with Crippen LogP contribution in [0.4, 0.5) is 20.3 Å². The van der Waals surface area contributed by atoms with Crippen LogP contribution in [0.15, 0.2) is 0 Å². The van der Waals surface area contributed by atoms with Crippen LogP contribution in [-0.4, -0.2) is 39.1 Å². The van der Waals surface area contributed by atoms with Crippen molar-refractivity contribution in [3.05, 3.63) is 21.1 Å². The molecule has 0 unspecified atom stereocenters. The number of anilines is 1. The highest BCUT2D eigenvalue weighted by atomic mass is 35.5. The van der Waals surface area contributed by atoms with Gasteiger partial charge in [0.15, 0.2) is 0 Å². The second-order valence-electron chi connectivity index (χ2n) is 3.40. The summed E-state index contributed by atoms with van der Waals surface area (Å²) < 4.78 is 25.6. The Morgan fingerprint density at radius 3 is 2.67 bits per heavy atom. The van der Waals surface area contributed by atoms with Crippen LogP contribution in [0.25, 0.3) is 0 Å². The number of halogens is 3. The van der Waals surface area contributed by atoms with Crippen molar-refractivity contribution in [3.63, 3.8) is 0 Å². The van der Waals surface area contributed by atoms with Crippen molar-refractivity contribution in [2.24, 2.45) is 0 Å². The predicted octanol–water partition coefficient (Wildman–Crippen LogP) is 1.39. The Bertz CT molecular complexity index is 472. The van der Waals surface area contributed by atoms with Crippen LogP contribution in [0, 0.1) is 17.0 Å². The smallest absolute Gasteiger partial charge is 0.332 e. The van der Waals surface area contributed by atoms with Crippen molar-refractivity contribution < 1.29 is 18.8 Å². The zero-order valence-electron chi connectivity index (χ0n) is 9.15. The lowest BCUT2D eigenvalue weighted by molar-refractivity contribution is -0.385. The van der Waals surface area contributed by atoms with Crippen molar-refractivity contribution in [3.8, 4) is 0 Å². The third kappa shape index (κ3) is 3.44. The highest BCUT2D eigenvalue weighted by Crippen LogP contribution is 2.27. The monoisotopic (exact) mass is 282 g/mol. The lowest BCUT2D eigenvalue weighted by Gasteiger charge is -2.14. The number of nitrogens with one attached hydrogen (secondary N) is 1. The molecule has 1 heterocycles. The van der Waals surface area contributed by atoms with E-state index in [-0.39, 0.29) is 11.0 Å². The van der Waals surface area contributed by atoms with Gasteiger partial charge in [0.05, 0.1) is 11.5 Å². The normalized spacial score (nSPS) is 11.4. The molecular formula is C8H9ClF2N4O3. The average Bonchev–Trinajstić information content (AvgIpc) is 2.25. The third-order valence-corrected chi connectivity index (χ3v) is 2.13. The van der Waals surface area contributed by atoms with E-state index in [4.69, 9.17) is 16.7 Å². The molecule has 0 aromatic carbocycles. The van der Waals surface area contributed by atoms with Crippen LogP contribution in [0.3, 0.4) is 0 Å². The molecule has 0 fully saturated rings. The first-order chi connectivity index (χ1) is 8.26. The fraction of sp³-hybridized carbons (Fsp3) is 0.500. The molecule has 0 atom stereocenters. The molecule has 0 saturated carbocycles. The van der Waals surface area contributed by atoms with E-state index in [0.29, 0.717) is 0 Å². The van der Waals surface area contributed by atoms with E-state index >= 15 is 0 Å². The summed E-state index contributed by atoms with van der Waals surface area (Å²) in [5.74, 6) is -3.83. The summed E-state index contributed by atoms with van der Waals surface area (Å²) >= 11 is 5.49. The lowest BCUT2D eigenvalue weighted by atomic mass is 10.3. The minimum Gasteiger partial charge on any atom is -0.390 e. The molecule has 0 bridgehead atoms. The van der Waals surface area contributed by atoms with Gasteiger partial charge in [0.1, 0.15) is 12.3 Å². The predicted molar refractivity (Wildman–Crippen MR) is 59.0 cm³/mol. The van der Waals surface area contributed by atoms with Crippen LogP contribution in [0.2, 0.25) is 5.28 Å². The quantitative estimate of drug-likeness (QED) is 0.481. The molecule has 1 aromatic rings. The van der Waals surface area contributed by atoms with Crippen molar-refractivity contribution in [2.45, 2.75) is 12.8 Å². The second-order valence-corrected chi connectivity index (χ2v) is 3.74. The minimum absolute atomic E-state index is 0.0465. The van der Waals surface area contributed by atoms with Crippen LogP contribution < -0.4 is 5.32 Å². The molecule has 0 aliphatic heterocycles. The molecule has 0 radical (unpaired) electrons. The number of rotatable bonds is 5. The Balaban J connectivity index is 3.04. The van der Waals surface area contributed by atoms with Crippen LogP contribution in [-0.2, 0) is 0 Å². The minimum atomic E-state index is -3.42. The van der Waals surface area contributed by atoms with Gasteiger partial charge in [-0.15, -0.1) is 0 Å². The first-order valence-electron chi connectivity index (χ1n) is 4.68. The average molecular weight is 283 g/mol. The SMILES string of the molecule is Cc1nc(Cl)nc(NCC(F)(F)CO)c1[N+](=O)[O-]. The summed E-state index contributed by atoms with van der Waals surface area (Å²) in [6, 6.07) is 0. The molecule has 7 nitrogen and oxygen atoms in total. The first-order valence-corrected chi connectivity index (χ1v) is 5.05. The Hall–Kier alpha value is -1.61. The van der Waals surface area contributed by atoms with Crippen molar-refractivity contribution in [2.75, 3.05) is 18.5 Å². The van der Waals surface area contributed by atoms with Crippen LogP contribution in [0.5, 0.6) is 0 Å². The first kappa shape index (κ1) is 14.5. The fourth-order valence-corrected chi connectivity index (χ4v) is 1.35. The Kier molecular flexibility index (Phi) is 4.30. The Morgan fingerprint density at radius 2 is 2.17 bits per heavy atom. The zero-order valence-corrected chi connectivity index (χ0v) is 9.91. The highest BCUT2D eigenvalue weighted by molar-refractivity contribution is 6.28. The number of aromatic nitrogens is 2. The van der Waals surface area contributed by atoms with E-state index in [1.54, 1.807) is 0 Å². The third-order valence-electron chi connectivity index (χ3n) is 1.96. The number of nitrogens with zero attached hydrogens (tertiary/aromatic N) is 3. The molecule has 0 spiro atoms. The van der Waals surface area contributed by atoms with Gasteiger partial charge in [0, 0.05) is 0 Å². The Morgan fingerprint density at radius 1 is 1.56 bits per heavy atom. The lowest BCUT2D eigenvalue weighted by Crippen LogP contribution is -2.31. The van der Waals surface area contributed by atoms with Crippen molar-refractivity contribution in [1.82, 2.24) is 9.97 Å². The van der Waals surface area contributed by atoms with Gasteiger partial charge < -0.3 is 10.4 Å². The van der Waals surface area contributed by atoms with E-state index in [2.05, 4.69) is 15.3 Å². The molecule has 0 saturated heterocycles.